The van der Waals surface area contributed by atoms with Gasteiger partial charge in [-0.3, -0.25) is 9.36 Å². The monoisotopic (exact) mass is 434 g/mol. The van der Waals surface area contributed by atoms with Crippen LogP contribution in [0, 0.1) is 5.82 Å². The number of ether oxygens (including phenoxy) is 1. The van der Waals surface area contributed by atoms with Crippen molar-refractivity contribution in [2.45, 2.75) is 12.1 Å². The van der Waals surface area contributed by atoms with Crippen LogP contribution in [0.1, 0.15) is 6.92 Å². The van der Waals surface area contributed by atoms with Crippen LogP contribution >= 0.6 is 27.7 Å². The van der Waals surface area contributed by atoms with Gasteiger partial charge in [0, 0.05) is 15.7 Å². The number of aromatic nitrogens is 2. The van der Waals surface area contributed by atoms with Gasteiger partial charge >= 0.3 is 5.97 Å². The molecule has 134 valence electrons. The van der Waals surface area contributed by atoms with E-state index < -0.39 is 0 Å². The maximum atomic E-state index is 13.3. The van der Waals surface area contributed by atoms with Crippen molar-refractivity contribution in [3.05, 3.63) is 65.0 Å². The smallest absolute Gasteiger partial charge is 0.316 e. The van der Waals surface area contributed by atoms with E-state index in [-0.39, 0.29) is 17.5 Å². The number of carbonyl (C=O) groups is 1. The van der Waals surface area contributed by atoms with Gasteiger partial charge < -0.3 is 4.74 Å². The number of esters is 1. The maximum absolute atomic E-state index is 13.3. The Kier molecular flexibility index (Phi) is 6.11. The average molecular weight is 435 g/mol. The lowest BCUT2D eigenvalue weighted by molar-refractivity contribution is -0.139. The molecule has 1 heterocycles. The molecule has 3 rings (SSSR count). The standard InChI is InChI=1S/C19H16BrFN2O2S/c1-2-25-18(24)12-26-19-22-11-17(13-3-5-14(20)6-4-13)23(19)16-9-7-15(21)8-10-16/h3-11H,2,12H2,1H3. The number of thioether (sulfide) groups is 1. The molecule has 0 saturated heterocycles. The second kappa shape index (κ2) is 8.51. The number of hydrogen-bond acceptors (Lipinski definition) is 4. The van der Waals surface area contributed by atoms with Crippen molar-refractivity contribution in [1.82, 2.24) is 9.55 Å². The molecule has 3 aromatic rings. The van der Waals surface area contributed by atoms with E-state index in [9.17, 15) is 9.18 Å². The molecule has 0 N–H and O–H groups in total. The van der Waals surface area contributed by atoms with Crippen LogP contribution in [0.3, 0.4) is 0 Å². The van der Waals surface area contributed by atoms with Gasteiger partial charge in [0.2, 0.25) is 0 Å². The van der Waals surface area contributed by atoms with Crippen molar-refractivity contribution in [3.8, 4) is 16.9 Å². The molecular formula is C19H16BrFN2O2S. The van der Waals surface area contributed by atoms with E-state index in [4.69, 9.17) is 4.74 Å². The van der Waals surface area contributed by atoms with Crippen LogP contribution < -0.4 is 0 Å². The molecule has 0 unspecified atom stereocenters. The number of nitrogens with zero attached hydrogens (tertiary/aromatic N) is 2. The van der Waals surface area contributed by atoms with Crippen LogP contribution in [0.15, 0.2) is 64.4 Å². The van der Waals surface area contributed by atoms with E-state index >= 15 is 0 Å². The average Bonchev–Trinajstić information content (AvgIpc) is 3.05. The molecule has 0 saturated carbocycles. The lowest BCUT2D eigenvalue weighted by atomic mass is 10.1. The van der Waals surface area contributed by atoms with Gasteiger partial charge in [-0.2, -0.15) is 0 Å². The first-order valence-corrected chi connectivity index (χ1v) is 9.74. The van der Waals surface area contributed by atoms with Crippen LogP contribution in [-0.4, -0.2) is 27.9 Å². The van der Waals surface area contributed by atoms with E-state index in [1.54, 1.807) is 25.3 Å². The molecule has 4 nitrogen and oxygen atoms in total. The molecule has 0 aliphatic heterocycles. The Balaban J connectivity index is 2.00. The predicted molar refractivity (Wildman–Crippen MR) is 104 cm³/mol. The van der Waals surface area contributed by atoms with Gasteiger partial charge in [-0.05, 0) is 43.3 Å². The third kappa shape index (κ3) is 4.34. The van der Waals surface area contributed by atoms with Crippen molar-refractivity contribution >= 4 is 33.7 Å². The Labute approximate surface area is 163 Å². The Hall–Kier alpha value is -2.12. The van der Waals surface area contributed by atoms with Gasteiger partial charge in [0.05, 0.1) is 24.3 Å². The zero-order valence-electron chi connectivity index (χ0n) is 14.0. The summed E-state index contributed by atoms with van der Waals surface area (Å²) in [6.07, 6.45) is 1.75. The minimum atomic E-state index is -0.306. The summed E-state index contributed by atoms with van der Waals surface area (Å²) in [5.41, 5.74) is 2.59. The van der Waals surface area contributed by atoms with Crippen LogP contribution in [0.5, 0.6) is 0 Å². The van der Waals surface area contributed by atoms with Crippen LogP contribution in [0.2, 0.25) is 0 Å². The number of halogens is 2. The fourth-order valence-electron chi connectivity index (χ4n) is 2.43. The first-order chi connectivity index (χ1) is 12.6. The second-order valence-electron chi connectivity index (χ2n) is 5.34. The summed E-state index contributed by atoms with van der Waals surface area (Å²) in [6.45, 7) is 2.11. The number of imidazole rings is 1. The molecule has 0 aliphatic carbocycles. The summed E-state index contributed by atoms with van der Waals surface area (Å²) in [7, 11) is 0. The molecule has 0 atom stereocenters. The highest BCUT2D eigenvalue weighted by molar-refractivity contribution is 9.10. The van der Waals surface area contributed by atoms with Gasteiger partial charge in [0.1, 0.15) is 5.82 Å². The summed E-state index contributed by atoms with van der Waals surface area (Å²) < 4.78 is 21.2. The van der Waals surface area contributed by atoms with Crippen molar-refractivity contribution in [2.75, 3.05) is 12.4 Å². The third-order valence-electron chi connectivity index (χ3n) is 3.58. The van der Waals surface area contributed by atoms with E-state index in [1.165, 1.54) is 23.9 Å². The highest BCUT2D eigenvalue weighted by Crippen LogP contribution is 2.30. The molecule has 2 aromatic carbocycles. The lowest BCUT2D eigenvalue weighted by Crippen LogP contribution is -2.08. The first kappa shape index (κ1) is 18.7. The topological polar surface area (TPSA) is 44.1 Å². The molecule has 0 spiro atoms. The highest BCUT2D eigenvalue weighted by atomic mass is 79.9. The predicted octanol–water partition coefficient (Wildman–Crippen LogP) is 5.10. The number of benzene rings is 2. The highest BCUT2D eigenvalue weighted by Gasteiger charge is 2.16. The van der Waals surface area contributed by atoms with Crippen molar-refractivity contribution in [3.63, 3.8) is 0 Å². The van der Waals surface area contributed by atoms with Crippen LogP contribution in [0.4, 0.5) is 4.39 Å². The van der Waals surface area contributed by atoms with Gasteiger partial charge in [0.15, 0.2) is 5.16 Å². The summed E-state index contributed by atoms with van der Waals surface area (Å²) >= 11 is 4.72. The van der Waals surface area contributed by atoms with Crippen molar-refractivity contribution in [1.29, 1.82) is 0 Å². The van der Waals surface area contributed by atoms with Crippen molar-refractivity contribution < 1.29 is 13.9 Å². The zero-order chi connectivity index (χ0) is 18.5. The molecule has 1 aromatic heterocycles. The Bertz CT molecular complexity index is 895. The molecule has 7 heteroatoms. The second-order valence-corrected chi connectivity index (χ2v) is 7.20. The quantitative estimate of drug-likeness (QED) is 0.400. The van der Waals surface area contributed by atoms with Crippen LogP contribution in [-0.2, 0) is 9.53 Å². The molecule has 26 heavy (non-hydrogen) atoms. The minimum absolute atomic E-state index is 0.159. The van der Waals surface area contributed by atoms with Gasteiger partial charge in [-0.25, -0.2) is 9.37 Å². The SMILES string of the molecule is CCOC(=O)CSc1ncc(-c2ccc(Br)cc2)n1-c1ccc(F)cc1. The Morgan fingerprint density at radius 2 is 1.88 bits per heavy atom. The summed E-state index contributed by atoms with van der Waals surface area (Å²) in [4.78, 5) is 16.1. The normalized spacial score (nSPS) is 10.7. The Morgan fingerprint density at radius 3 is 2.54 bits per heavy atom. The zero-order valence-corrected chi connectivity index (χ0v) is 16.4. The molecule has 0 radical (unpaired) electrons. The first-order valence-electron chi connectivity index (χ1n) is 7.96. The fourth-order valence-corrected chi connectivity index (χ4v) is 3.48. The minimum Gasteiger partial charge on any atom is -0.465 e. The maximum Gasteiger partial charge on any atom is 0.316 e. The summed E-state index contributed by atoms with van der Waals surface area (Å²) in [5.74, 6) is -0.442. The van der Waals surface area contributed by atoms with Gasteiger partial charge in [0.25, 0.3) is 0 Å². The number of hydrogen-bond donors (Lipinski definition) is 0. The molecule has 0 aliphatic rings. The molecule has 0 amide bonds. The molecular weight excluding hydrogens is 419 g/mol. The Morgan fingerprint density at radius 1 is 1.19 bits per heavy atom. The summed E-state index contributed by atoms with van der Waals surface area (Å²) in [5, 5.41) is 0.641. The lowest BCUT2D eigenvalue weighted by Gasteiger charge is -2.12. The van der Waals surface area contributed by atoms with E-state index in [0.29, 0.717) is 11.8 Å². The van der Waals surface area contributed by atoms with Crippen LogP contribution in [0.25, 0.3) is 16.9 Å². The number of rotatable bonds is 6. The van der Waals surface area contributed by atoms with E-state index in [0.717, 1.165) is 21.4 Å². The van der Waals surface area contributed by atoms with E-state index in [2.05, 4.69) is 20.9 Å². The molecule has 0 fully saturated rings. The fraction of sp³-hybridized carbons (Fsp3) is 0.158. The summed E-state index contributed by atoms with van der Waals surface area (Å²) in [6, 6.07) is 14.0. The van der Waals surface area contributed by atoms with Gasteiger partial charge in [-0.15, -0.1) is 0 Å². The van der Waals surface area contributed by atoms with Crippen molar-refractivity contribution in [2.24, 2.45) is 0 Å². The van der Waals surface area contributed by atoms with E-state index in [1.807, 2.05) is 28.8 Å². The third-order valence-corrected chi connectivity index (χ3v) is 5.03. The molecule has 0 bridgehead atoms. The largest absolute Gasteiger partial charge is 0.465 e. The number of carbonyl (C=O) groups excluding carboxylic acids is 1. The van der Waals surface area contributed by atoms with Gasteiger partial charge in [-0.1, -0.05) is 39.8 Å².